The third kappa shape index (κ3) is 5.17. The van der Waals surface area contributed by atoms with Gasteiger partial charge in [0.2, 0.25) is 0 Å². The monoisotopic (exact) mass is 662 g/mol. The number of nitrogens with zero attached hydrogens (tertiary/aromatic N) is 4. The van der Waals surface area contributed by atoms with Crippen molar-refractivity contribution in [3.8, 4) is 67.5 Å². The predicted molar refractivity (Wildman–Crippen MR) is 214 cm³/mol. The van der Waals surface area contributed by atoms with Crippen molar-refractivity contribution in [2.75, 3.05) is 0 Å². The molecule has 0 bridgehead atoms. The number of hydrogen-bond donors (Lipinski definition) is 0. The third-order valence-electron chi connectivity index (χ3n) is 9.99. The van der Waals surface area contributed by atoms with E-state index in [2.05, 4.69) is 151 Å². The summed E-state index contributed by atoms with van der Waals surface area (Å²) in [5.74, 6) is 1.85. The summed E-state index contributed by atoms with van der Waals surface area (Å²) < 4.78 is 0. The Morgan fingerprint density at radius 3 is 1.69 bits per heavy atom. The van der Waals surface area contributed by atoms with Gasteiger partial charge in [0.05, 0.1) is 0 Å². The van der Waals surface area contributed by atoms with Crippen LogP contribution in [0, 0.1) is 0 Å². The van der Waals surface area contributed by atoms with Crippen LogP contribution in [0.25, 0.3) is 99.9 Å². The highest BCUT2D eigenvalue weighted by molar-refractivity contribution is 6.25. The van der Waals surface area contributed by atoms with Gasteiger partial charge in [0.15, 0.2) is 17.5 Å². The van der Waals surface area contributed by atoms with Crippen LogP contribution < -0.4 is 0 Å². The molecule has 2 aromatic heterocycles. The average Bonchev–Trinajstić information content (AvgIpc) is 3.23. The van der Waals surface area contributed by atoms with Gasteiger partial charge in [0.25, 0.3) is 0 Å². The summed E-state index contributed by atoms with van der Waals surface area (Å²) in [4.78, 5) is 19.7. The minimum Gasteiger partial charge on any atom is -0.264 e. The summed E-state index contributed by atoms with van der Waals surface area (Å²) >= 11 is 0. The summed E-state index contributed by atoms with van der Waals surface area (Å²) in [5, 5.41) is 7.68. The molecule has 0 aliphatic carbocycles. The smallest absolute Gasteiger partial charge is 0.164 e. The highest BCUT2D eigenvalue weighted by Crippen LogP contribution is 2.40. The molecule has 2 heterocycles. The molecule has 0 saturated carbocycles. The van der Waals surface area contributed by atoms with Crippen molar-refractivity contribution in [1.82, 2.24) is 19.9 Å². The van der Waals surface area contributed by atoms with Gasteiger partial charge < -0.3 is 0 Å². The maximum atomic E-state index is 5.13. The van der Waals surface area contributed by atoms with Crippen molar-refractivity contribution in [2.24, 2.45) is 0 Å². The van der Waals surface area contributed by atoms with Crippen LogP contribution in [0.2, 0.25) is 0 Å². The maximum Gasteiger partial charge on any atom is 0.164 e. The second-order valence-corrected chi connectivity index (χ2v) is 13.1. The quantitative estimate of drug-likeness (QED) is 0.166. The van der Waals surface area contributed by atoms with Gasteiger partial charge in [-0.2, -0.15) is 0 Å². The van der Waals surface area contributed by atoms with Crippen LogP contribution in [0.1, 0.15) is 0 Å². The molecule has 0 aliphatic rings. The van der Waals surface area contributed by atoms with Gasteiger partial charge in [-0.15, -0.1) is 0 Å². The molecule has 0 N–H and O–H groups in total. The molecule has 10 rings (SSSR count). The lowest BCUT2D eigenvalue weighted by Gasteiger charge is -2.14. The summed E-state index contributed by atoms with van der Waals surface area (Å²) in [6, 6.07) is 59.7. The van der Waals surface area contributed by atoms with Gasteiger partial charge in [0.1, 0.15) is 0 Å². The lowest BCUT2D eigenvalue weighted by atomic mass is 9.90. The standard InChI is InChI=1S/C48H30N4/c1-2-9-31(10-3-1)37-13-7-14-38(29-37)47-50-46(51-48(52-47)43-17-5-4-16-40(43)39-15-8-28-49-30-39)36-22-18-32(19-23-36)41-26-24-35-21-20-33-11-6-12-34-25-27-42(41)45(35)44(33)34/h1-30H. The first-order valence-corrected chi connectivity index (χ1v) is 17.5. The summed E-state index contributed by atoms with van der Waals surface area (Å²) in [6.45, 7) is 0. The van der Waals surface area contributed by atoms with E-state index in [0.717, 1.165) is 44.5 Å². The molecule has 0 radical (unpaired) electrons. The lowest BCUT2D eigenvalue weighted by molar-refractivity contribution is 1.07. The van der Waals surface area contributed by atoms with E-state index in [-0.39, 0.29) is 0 Å². The molecule has 0 spiro atoms. The largest absolute Gasteiger partial charge is 0.264 e. The van der Waals surface area contributed by atoms with E-state index >= 15 is 0 Å². The first kappa shape index (κ1) is 29.8. The fourth-order valence-electron chi connectivity index (χ4n) is 7.46. The Labute approximate surface area is 301 Å². The zero-order chi connectivity index (χ0) is 34.4. The molecule has 0 aliphatic heterocycles. The number of aromatic nitrogens is 4. The fourth-order valence-corrected chi connectivity index (χ4v) is 7.46. The zero-order valence-electron chi connectivity index (χ0n) is 28.1. The Balaban J connectivity index is 1.11. The van der Waals surface area contributed by atoms with E-state index in [9.17, 15) is 0 Å². The summed E-state index contributed by atoms with van der Waals surface area (Å²) in [7, 11) is 0. The highest BCUT2D eigenvalue weighted by atomic mass is 15.0. The Hall–Kier alpha value is -7.04. The minimum absolute atomic E-state index is 0.612. The van der Waals surface area contributed by atoms with Gasteiger partial charge in [-0.3, -0.25) is 4.98 Å². The van der Waals surface area contributed by atoms with Crippen molar-refractivity contribution in [3.63, 3.8) is 0 Å². The molecule has 0 saturated heterocycles. The third-order valence-corrected chi connectivity index (χ3v) is 9.99. The van der Waals surface area contributed by atoms with Gasteiger partial charge in [-0.05, 0) is 72.3 Å². The molecule has 0 atom stereocenters. The molecule has 52 heavy (non-hydrogen) atoms. The number of pyridine rings is 1. The van der Waals surface area contributed by atoms with E-state index in [1.54, 1.807) is 6.20 Å². The molecular weight excluding hydrogens is 633 g/mol. The minimum atomic E-state index is 0.612. The topological polar surface area (TPSA) is 51.6 Å². The van der Waals surface area contributed by atoms with Gasteiger partial charge in [-0.25, -0.2) is 15.0 Å². The molecule has 8 aromatic carbocycles. The molecule has 0 unspecified atom stereocenters. The van der Waals surface area contributed by atoms with E-state index in [0.29, 0.717) is 17.5 Å². The van der Waals surface area contributed by atoms with Crippen LogP contribution in [0.5, 0.6) is 0 Å². The van der Waals surface area contributed by atoms with Crippen molar-refractivity contribution in [1.29, 1.82) is 0 Å². The van der Waals surface area contributed by atoms with E-state index in [1.807, 2.05) is 30.5 Å². The second-order valence-electron chi connectivity index (χ2n) is 13.1. The average molecular weight is 663 g/mol. The molecule has 4 heteroatoms. The van der Waals surface area contributed by atoms with Crippen LogP contribution >= 0.6 is 0 Å². The molecule has 0 fully saturated rings. The Morgan fingerprint density at radius 1 is 0.308 bits per heavy atom. The first-order valence-electron chi connectivity index (χ1n) is 17.5. The van der Waals surface area contributed by atoms with Gasteiger partial charge in [0, 0.05) is 34.6 Å². The summed E-state index contributed by atoms with van der Waals surface area (Å²) in [5.41, 5.74) is 9.39. The van der Waals surface area contributed by atoms with Crippen molar-refractivity contribution < 1.29 is 0 Å². The number of rotatable bonds is 6. The molecule has 242 valence electrons. The van der Waals surface area contributed by atoms with E-state index in [4.69, 9.17) is 15.0 Å². The molecular formula is C48H30N4. The zero-order valence-corrected chi connectivity index (χ0v) is 28.1. The predicted octanol–water partition coefficient (Wildman–Crippen LogP) is 12.2. The van der Waals surface area contributed by atoms with Crippen LogP contribution in [-0.2, 0) is 0 Å². The van der Waals surface area contributed by atoms with E-state index in [1.165, 1.54) is 37.9 Å². The van der Waals surface area contributed by atoms with Crippen molar-refractivity contribution in [3.05, 3.63) is 182 Å². The van der Waals surface area contributed by atoms with Gasteiger partial charge >= 0.3 is 0 Å². The Kier molecular flexibility index (Phi) is 7.10. The van der Waals surface area contributed by atoms with Gasteiger partial charge in [-0.1, -0.05) is 158 Å². The van der Waals surface area contributed by atoms with Crippen molar-refractivity contribution >= 4 is 32.3 Å². The lowest BCUT2D eigenvalue weighted by Crippen LogP contribution is -2.01. The second kappa shape index (κ2) is 12.4. The fraction of sp³-hybridized carbons (Fsp3) is 0. The maximum absolute atomic E-state index is 5.13. The first-order chi connectivity index (χ1) is 25.8. The summed E-state index contributed by atoms with van der Waals surface area (Å²) in [6.07, 6.45) is 3.67. The van der Waals surface area contributed by atoms with E-state index < -0.39 is 0 Å². The molecule has 10 aromatic rings. The molecule has 0 amide bonds. The Bertz CT molecular complexity index is 2870. The van der Waals surface area contributed by atoms with Crippen LogP contribution in [0.15, 0.2) is 182 Å². The van der Waals surface area contributed by atoms with Crippen molar-refractivity contribution in [2.45, 2.75) is 0 Å². The van der Waals surface area contributed by atoms with Crippen LogP contribution in [0.3, 0.4) is 0 Å². The van der Waals surface area contributed by atoms with Crippen LogP contribution in [0.4, 0.5) is 0 Å². The number of benzene rings is 8. The number of hydrogen-bond acceptors (Lipinski definition) is 4. The highest BCUT2D eigenvalue weighted by Gasteiger charge is 2.17. The van der Waals surface area contributed by atoms with Crippen LogP contribution in [-0.4, -0.2) is 19.9 Å². The Morgan fingerprint density at radius 2 is 0.904 bits per heavy atom. The SMILES string of the molecule is c1ccc(-c2cccc(-c3nc(-c4ccc(-c5ccc6ccc7cccc8ccc5c6c78)cc4)nc(-c4ccccc4-c4cccnc4)n3)c2)cc1. The normalized spacial score (nSPS) is 11.5. The molecule has 4 nitrogen and oxygen atoms in total.